The maximum absolute atomic E-state index is 10.8. The van der Waals surface area contributed by atoms with Crippen molar-refractivity contribution < 1.29 is 14.3 Å². The second kappa shape index (κ2) is 8.76. The minimum Gasteiger partial charge on any atom is -0.469 e. The van der Waals surface area contributed by atoms with Gasteiger partial charge < -0.3 is 9.47 Å². The standard InChI is InChI=1S/C14H20O3/c1-16-14(15)10-6-3-7-11-17-12-13-8-4-2-5-9-13/h2,4-5,8-9H,3,6-7,10-12H2,1H3. The second-order valence-electron chi connectivity index (χ2n) is 3.92. The molecule has 0 heterocycles. The van der Waals surface area contributed by atoms with Gasteiger partial charge in [0.1, 0.15) is 0 Å². The van der Waals surface area contributed by atoms with E-state index in [9.17, 15) is 4.79 Å². The predicted octanol–water partition coefficient (Wildman–Crippen LogP) is 2.94. The largest absolute Gasteiger partial charge is 0.469 e. The van der Waals surface area contributed by atoms with Gasteiger partial charge in [-0.05, 0) is 18.4 Å². The van der Waals surface area contributed by atoms with Crippen LogP contribution in [0.2, 0.25) is 0 Å². The van der Waals surface area contributed by atoms with Gasteiger partial charge >= 0.3 is 5.97 Å². The van der Waals surface area contributed by atoms with Gasteiger partial charge in [0.15, 0.2) is 0 Å². The summed E-state index contributed by atoms with van der Waals surface area (Å²) in [5.74, 6) is -0.129. The molecule has 1 rings (SSSR count). The van der Waals surface area contributed by atoms with Crippen LogP contribution in [0.1, 0.15) is 31.2 Å². The molecule has 0 spiro atoms. The first-order valence-electron chi connectivity index (χ1n) is 6.01. The van der Waals surface area contributed by atoms with Gasteiger partial charge in [-0.3, -0.25) is 4.79 Å². The summed E-state index contributed by atoms with van der Waals surface area (Å²) in [4.78, 5) is 10.8. The Morgan fingerprint density at radius 2 is 1.88 bits per heavy atom. The van der Waals surface area contributed by atoms with E-state index in [1.54, 1.807) is 0 Å². The Morgan fingerprint density at radius 1 is 1.12 bits per heavy atom. The first-order chi connectivity index (χ1) is 8.33. The maximum atomic E-state index is 10.8. The molecule has 94 valence electrons. The number of benzene rings is 1. The van der Waals surface area contributed by atoms with E-state index in [1.165, 1.54) is 12.7 Å². The molecule has 0 aliphatic rings. The summed E-state index contributed by atoms with van der Waals surface area (Å²) in [6, 6.07) is 10.1. The highest BCUT2D eigenvalue weighted by Gasteiger charge is 1.99. The second-order valence-corrected chi connectivity index (χ2v) is 3.92. The van der Waals surface area contributed by atoms with Gasteiger partial charge in [0, 0.05) is 13.0 Å². The first kappa shape index (κ1) is 13.7. The number of hydrogen-bond acceptors (Lipinski definition) is 3. The number of unbranched alkanes of at least 4 members (excludes halogenated alkanes) is 2. The number of carbonyl (C=O) groups is 1. The minimum absolute atomic E-state index is 0.129. The Balaban J connectivity index is 1.93. The van der Waals surface area contributed by atoms with Gasteiger partial charge in [-0.25, -0.2) is 0 Å². The molecule has 0 atom stereocenters. The van der Waals surface area contributed by atoms with Gasteiger partial charge in [0.2, 0.25) is 0 Å². The van der Waals surface area contributed by atoms with Gasteiger partial charge in [-0.2, -0.15) is 0 Å². The number of carbonyl (C=O) groups excluding carboxylic acids is 1. The lowest BCUT2D eigenvalue weighted by Crippen LogP contribution is -2.00. The zero-order valence-corrected chi connectivity index (χ0v) is 10.4. The molecule has 0 bridgehead atoms. The van der Waals surface area contributed by atoms with Crippen LogP contribution < -0.4 is 0 Å². The third-order valence-corrected chi connectivity index (χ3v) is 2.51. The minimum atomic E-state index is -0.129. The van der Waals surface area contributed by atoms with Gasteiger partial charge in [0.05, 0.1) is 13.7 Å². The molecule has 0 fully saturated rings. The van der Waals surface area contributed by atoms with Crippen LogP contribution in [0.25, 0.3) is 0 Å². The molecule has 17 heavy (non-hydrogen) atoms. The van der Waals surface area contributed by atoms with Crippen LogP contribution in [0.15, 0.2) is 30.3 Å². The van der Waals surface area contributed by atoms with E-state index in [2.05, 4.69) is 16.9 Å². The van der Waals surface area contributed by atoms with Crippen LogP contribution in [0.5, 0.6) is 0 Å². The number of rotatable bonds is 8. The molecule has 0 aromatic heterocycles. The average molecular weight is 236 g/mol. The maximum Gasteiger partial charge on any atom is 0.305 e. The molecule has 0 radical (unpaired) electrons. The fraction of sp³-hybridized carbons (Fsp3) is 0.500. The third-order valence-electron chi connectivity index (χ3n) is 2.51. The predicted molar refractivity (Wildman–Crippen MR) is 66.6 cm³/mol. The molecular formula is C14H20O3. The quantitative estimate of drug-likeness (QED) is 0.514. The molecule has 1 aromatic rings. The molecule has 0 saturated heterocycles. The van der Waals surface area contributed by atoms with E-state index >= 15 is 0 Å². The van der Waals surface area contributed by atoms with E-state index in [0.717, 1.165) is 25.9 Å². The Kier molecular flexibility index (Phi) is 7.07. The van der Waals surface area contributed by atoms with E-state index in [1.807, 2.05) is 18.2 Å². The van der Waals surface area contributed by atoms with Crippen molar-refractivity contribution in [2.45, 2.75) is 32.3 Å². The molecule has 0 aliphatic carbocycles. The Bertz CT molecular complexity index is 309. The summed E-state index contributed by atoms with van der Waals surface area (Å²) in [5.41, 5.74) is 1.20. The van der Waals surface area contributed by atoms with Gasteiger partial charge in [0.25, 0.3) is 0 Å². The van der Waals surface area contributed by atoms with Crippen LogP contribution >= 0.6 is 0 Å². The van der Waals surface area contributed by atoms with Crippen molar-refractivity contribution in [3.63, 3.8) is 0 Å². The summed E-state index contributed by atoms with van der Waals surface area (Å²) < 4.78 is 10.1. The van der Waals surface area contributed by atoms with Crippen molar-refractivity contribution in [2.24, 2.45) is 0 Å². The summed E-state index contributed by atoms with van der Waals surface area (Å²) in [6.07, 6.45) is 3.38. The van der Waals surface area contributed by atoms with Gasteiger partial charge in [-0.1, -0.05) is 36.8 Å². The summed E-state index contributed by atoms with van der Waals surface area (Å²) in [5, 5.41) is 0. The van der Waals surface area contributed by atoms with Crippen molar-refractivity contribution in [2.75, 3.05) is 13.7 Å². The molecule has 3 heteroatoms. The molecule has 1 aromatic carbocycles. The molecule has 0 amide bonds. The van der Waals surface area contributed by atoms with Crippen LogP contribution in [-0.2, 0) is 20.9 Å². The molecule has 0 aliphatic heterocycles. The van der Waals surface area contributed by atoms with E-state index < -0.39 is 0 Å². The highest BCUT2D eigenvalue weighted by molar-refractivity contribution is 5.68. The van der Waals surface area contributed by atoms with E-state index in [-0.39, 0.29) is 5.97 Å². The fourth-order valence-electron chi connectivity index (χ4n) is 1.52. The van der Waals surface area contributed by atoms with Crippen molar-refractivity contribution >= 4 is 5.97 Å². The highest BCUT2D eigenvalue weighted by Crippen LogP contribution is 2.04. The SMILES string of the molecule is COC(=O)CCCCCOCc1ccccc1. The van der Waals surface area contributed by atoms with Crippen LogP contribution in [0, 0.1) is 0 Å². The number of esters is 1. The smallest absolute Gasteiger partial charge is 0.305 e. The van der Waals surface area contributed by atoms with Crippen LogP contribution in [0.4, 0.5) is 0 Å². The normalized spacial score (nSPS) is 10.2. The molecule has 0 unspecified atom stereocenters. The lowest BCUT2D eigenvalue weighted by Gasteiger charge is -2.04. The lowest BCUT2D eigenvalue weighted by atomic mass is 10.2. The first-order valence-corrected chi connectivity index (χ1v) is 6.01. The van der Waals surface area contributed by atoms with Crippen molar-refractivity contribution in [1.29, 1.82) is 0 Å². The number of hydrogen-bond donors (Lipinski definition) is 0. The van der Waals surface area contributed by atoms with Crippen molar-refractivity contribution in [3.8, 4) is 0 Å². The monoisotopic (exact) mass is 236 g/mol. The van der Waals surface area contributed by atoms with Crippen molar-refractivity contribution in [3.05, 3.63) is 35.9 Å². The summed E-state index contributed by atoms with van der Waals surface area (Å²) in [7, 11) is 1.42. The Labute approximate surface area is 103 Å². The summed E-state index contributed by atoms with van der Waals surface area (Å²) in [6.45, 7) is 1.41. The zero-order valence-electron chi connectivity index (χ0n) is 10.4. The number of ether oxygens (including phenoxy) is 2. The van der Waals surface area contributed by atoms with Crippen molar-refractivity contribution in [1.82, 2.24) is 0 Å². The molecule has 0 N–H and O–H groups in total. The molecule has 0 saturated carbocycles. The van der Waals surface area contributed by atoms with Crippen LogP contribution in [0.3, 0.4) is 0 Å². The van der Waals surface area contributed by atoms with Crippen LogP contribution in [-0.4, -0.2) is 19.7 Å². The van der Waals surface area contributed by atoms with E-state index in [4.69, 9.17) is 4.74 Å². The number of methoxy groups -OCH3 is 1. The zero-order chi connectivity index (χ0) is 12.3. The van der Waals surface area contributed by atoms with Gasteiger partial charge in [-0.15, -0.1) is 0 Å². The summed E-state index contributed by atoms with van der Waals surface area (Å²) >= 11 is 0. The lowest BCUT2D eigenvalue weighted by molar-refractivity contribution is -0.140. The fourth-order valence-corrected chi connectivity index (χ4v) is 1.52. The average Bonchev–Trinajstić information content (AvgIpc) is 2.38. The topological polar surface area (TPSA) is 35.5 Å². The van der Waals surface area contributed by atoms with E-state index in [0.29, 0.717) is 13.0 Å². The third kappa shape index (κ3) is 6.74. The highest BCUT2D eigenvalue weighted by atomic mass is 16.5. The Morgan fingerprint density at radius 3 is 2.59 bits per heavy atom. The Hall–Kier alpha value is -1.35. The molecular weight excluding hydrogens is 216 g/mol. The molecule has 3 nitrogen and oxygen atoms in total.